The minimum atomic E-state index is 0. The molecule has 0 aliphatic carbocycles. The fraction of sp³-hybridized carbons (Fsp3) is 1.00. The van der Waals surface area contributed by atoms with Crippen LogP contribution in [-0.4, -0.2) is 39.4 Å². The summed E-state index contributed by atoms with van der Waals surface area (Å²) in [7, 11) is 3.93. The Bertz CT molecular complexity index is 93.1. The first-order chi connectivity index (χ1) is 4.33. The van der Waals surface area contributed by atoms with Crippen molar-refractivity contribution in [2.75, 3.05) is 33.9 Å². The largest absolute Gasteiger partial charge is 0.377 e. The molecule has 58 valence electrons. The first-order valence-corrected chi connectivity index (χ1v) is 3.24. The minimum Gasteiger partial charge on any atom is -0.377 e. The van der Waals surface area contributed by atoms with Crippen LogP contribution < -0.4 is 10.6 Å². The van der Waals surface area contributed by atoms with Crippen molar-refractivity contribution in [1.82, 2.24) is 10.6 Å². The highest BCUT2D eigenvalue weighted by Crippen LogP contribution is 2.14. The molecule has 0 atom stereocenters. The van der Waals surface area contributed by atoms with Crippen LogP contribution in [0.25, 0.3) is 0 Å². The van der Waals surface area contributed by atoms with E-state index in [2.05, 4.69) is 10.6 Å². The van der Waals surface area contributed by atoms with Crippen molar-refractivity contribution in [2.45, 2.75) is 5.54 Å². The zero-order chi connectivity index (χ0) is 6.74. The third kappa shape index (κ3) is 1.23. The molecule has 0 radical (unpaired) electrons. The molecule has 1 saturated heterocycles. The van der Waals surface area contributed by atoms with E-state index >= 15 is 0 Å². The van der Waals surface area contributed by atoms with E-state index in [1.165, 1.54) is 0 Å². The normalized spacial score (nSPS) is 23.3. The SMILES string of the molecule is CNCC1(NC)COC1.[HH].[HH]. The molecule has 0 spiro atoms. The maximum absolute atomic E-state index is 5.08. The smallest absolute Gasteiger partial charge is 0.0777 e. The van der Waals surface area contributed by atoms with Crippen molar-refractivity contribution >= 4 is 0 Å². The molecule has 9 heavy (non-hydrogen) atoms. The molecule has 0 amide bonds. The Kier molecular flexibility index (Phi) is 2.05. The average Bonchev–Trinajstić information content (AvgIpc) is 1.79. The zero-order valence-corrected chi connectivity index (χ0v) is 6.03. The lowest BCUT2D eigenvalue weighted by Crippen LogP contribution is -2.64. The molecule has 0 bridgehead atoms. The summed E-state index contributed by atoms with van der Waals surface area (Å²) in [5, 5.41) is 6.35. The second kappa shape index (κ2) is 2.64. The van der Waals surface area contributed by atoms with Crippen LogP contribution in [0.5, 0.6) is 0 Å². The van der Waals surface area contributed by atoms with Gasteiger partial charge in [0.25, 0.3) is 0 Å². The van der Waals surface area contributed by atoms with Gasteiger partial charge >= 0.3 is 0 Å². The molecular weight excluding hydrogens is 116 g/mol. The molecule has 1 heterocycles. The lowest BCUT2D eigenvalue weighted by molar-refractivity contribution is -0.0684. The molecule has 0 aromatic carbocycles. The first-order valence-electron chi connectivity index (χ1n) is 3.24. The Morgan fingerprint density at radius 3 is 2.33 bits per heavy atom. The van der Waals surface area contributed by atoms with E-state index in [4.69, 9.17) is 4.74 Å². The Hall–Kier alpha value is -0.120. The Morgan fingerprint density at radius 1 is 1.56 bits per heavy atom. The lowest BCUT2D eigenvalue weighted by atomic mass is 9.98. The molecule has 0 saturated carbocycles. The number of ether oxygens (including phenoxy) is 1. The predicted molar refractivity (Wildman–Crippen MR) is 40.8 cm³/mol. The zero-order valence-electron chi connectivity index (χ0n) is 6.03. The molecule has 0 unspecified atom stereocenters. The second-order valence-corrected chi connectivity index (χ2v) is 2.55. The van der Waals surface area contributed by atoms with Gasteiger partial charge in [0, 0.05) is 9.40 Å². The van der Waals surface area contributed by atoms with E-state index in [0.29, 0.717) is 0 Å². The summed E-state index contributed by atoms with van der Waals surface area (Å²) in [6.07, 6.45) is 0. The van der Waals surface area contributed by atoms with Crippen LogP contribution in [0.4, 0.5) is 0 Å². The van der Waals surface area contributed by atoms with E-state index in [1.807, 2.05) is 14.1 Å². The highest BCUT2D eigenvalue weighted by Gasteiger charge is 2.35. The third-order valence-corrected chi connectivity index (χ3v) is 1.80. The predicted octanol–water partition coefficient (Wildman–Crippen LogP) is -0.314. The molecular formula is C6H18N2O. The standard InChI is InChI=1S/C6H14N2O.2H2/c1-7-3-6(8-2)4-9-5-6;;/h7-8H,3-5H2,1-2H3;2*1H. The quantitative estimate of drug-likeness (QED) is 0.555. The van der Waals surface area contributed by atoms with Gasteiger partial charge in [-0.3, -0.25) is 0 Å². The van der Waals surface area contributed by atoms with Crippen LogP contribution in [-0.2, 0) is 4.74 Å². The lowest BCUT2D eigenvalue weighted by Gasteiger charge is -2.41. The molecule has 0 aromatic rings. The third-order valence-electron chi connectivity index (χ3n) is 1.80. The van der Waals surface area contributed by atoms with Crippen molar-refractivity contribution in [1.29, 1.82) is 0 Å². The highest BCUT2D eigenvalue weighted by atomic mass is 16.5. The summed E-state index contributed by atoms with van der Waals surface area (Å²) < 4.78 is 5.08. The molecule has 1 rings (SSSR count). The molecule has 2 N–H and O–H groups in total. The molecule has 0 aromatic heterocycles. The van der Waals surface area contributed by atoms with Crippen LogP contribution in [0.3, 0.4) is 0 Å². The van der Waals surface area contributed by atoms with Crippen molar-refractivity contribution in [3.63, 3.8) is 0 Å². The van der Waals surface area contributed by atoms with Crippen LogP contribution >= 0.6 is 0 Å². The van der Waals surface area contributed by atoms with E-state index in [9.17, 15) is 0 Å². The fourth-order valence-corrected chi connectivity index (χ4v) is 1.02. The van der Waals surface area contributed by atoms with Gasteiger partial charge in [0.15, 0.2) is 0 Å². The molecule has 3 nitrogen and oxygen atoms in total. The van der Waals surface area contributed by atoms with Gasteiger partial charge in [0.05, 0.1) is 18.8 Å². The fourth-order valence-electron chi connectivity index (χ4n) is 1.02. The highest BCUT2D eigenvalue weighted by molar-refractivity contribution is 4.94. The van der Waals surface area contributed by atoms with Crippen molar-refractivity contribution in [2.24, 2.45) is 0 Å². The number of rotatable bonds is 3. The van der Waals surface area contributed by atoms with Crippen LogP contribution in [0, 0.1) is 0 Å². The van der Waals surface area contributed by atoms with Crippen molar-refractivity contribution in [3.05, 3.63) is 0 Å². The summed E-state index contributed by atoms with van der Waals surface area (Å²) in [5.41, 5.74) is 0.231. The molecule has 3 heteroatoms. The summed E-state index contributed by atoms with van der Waals surface area (Å²) in [6, 6.07) is 0. The van der Waals surface area contributed by atoms with Crippen molar-refractivity contribution in [3.8, 4) is 0 Å². The maximum atomic E-state index is 5.08. The maximum Gasteiger partial charge on any atom is 0.0777 e. The van der Waals surface area contributed by atoms with E-state index < -0.39 is 0 Å². The molecule has 1 aliphatic heterocycles. The van der Waals surface area contributed by atoms with Crippen LogP contribution in [0.1, 0.15) is 2.85 Å². The number of hydrogen-bond donors (Lipinski definition) is 2. The van der Waals surface area contributed by atoms with E-state index in [0.717, 1.165) is 19.8 Å². The number of likely N-dealkylation sites (N-methyl/N-ethyl adjacent to an activating group) is 2. The Balaban J connectivity index is 0. The van der Waals surface area contributed by atoms with Gasteiger partial charge < -0.3 is 15.4 Å². The second-order valence-electron chi connectivity index (χ2n) is 2.55. The van der Waals surface area contributed by atoms with Crippen LogP contribution in [0.15, 0.2) is 0 Å². The van der Waals surface area contributed by atoms with E-state index in [-0.39, 0.29) is 8.39 Å². The summed E-state index contributed by atoms with van der Waals surface area (Å²) >= 11 is 0. The van der Waals surface area contributed by atoms with Gasteiger partial charge in [0.2, 0.25) is 0 Å². The average molecular weight is 134 g/mol. The van der Waals surface area contributed by atoms with Gasteiger partial charge in [-0.2, -0.15) is 0 Å². The first kappa shape index (κ1) is 6.99. The van der Waals surface area contributed by atoms with Gasteiger partial charge in [0.1, 0.15) is 0 Å². The van der Waals surface area contributed by atoms with Gasteiger partial charge in [-0.1, -0.05) is 0 Å². The van der Waals surface area contributed by atoms with E-state index in [1.54, 1.807) is 0 Å². The number of hydrogen-bond acceptors (Lipinski definition) is 3. The molecule has 1 aliphatic rings. The van der Waals surface area contributed by atoms with Crippen molar-refractivity contribution < 1.29 is 7.59 Å². The molecule has 1 fully saturated rings. The van der Waals surface area contributed by atoms with Crippen LogP contribution in [0.2, 0.25) is 0 Å². The van der Waals surface area contributed by atoms with Gasteiger partial charge in [-0.15, -0.1) is 0 Å². The summed E-state index contributed by atoms with van der Waals surface area (Å²) in [4.78, 5) is 0. The minimum absolute atomic E-state index is 0. The summed E-state index contributed by atoms with van der Waals surface area (Å²) in [5.74, 6) is 0. The van der Waals surface area contributed by atoms with Gasteiger partial charge in [-0.25, -0.2) is 0 Å². The summed E-state index contributed by atoms with van der Waals surface area (Å²) in [6.45, 7) is 2.66. The van der Waals surface area contributed by atoms with Gasteiger partial charge in [-0.05, 0) is 14.1 Å². The monoisotopic (exact) mass is 134 g/mol. The Morgan fingerprint density at radius 2 is 2.22 bits per heavy atom. The Labute approximate surface area is 58.7 Å². The topological polar surface area (TPSA) is 33.3 Å². The number of nitrogens with one attached hydrogen (secondary N) is 2.